The summed E-state index contributed by atoms with van der Waals surface area (Å²) in [7, 11) is 0. The van der Waals surface area contributed by atoms with Gasteiger partial charge in [0.2, 0.25) is 0 Å². The summed E-state index contributed by atoms with van der Waals surface area (Å²) in [4.78, 5) is 35.4. The predicted octanol–water partition coefficient (Wildman–Crippen LogP) is 2.20. The second-order valence-electron chi connectivity index (χ2n) is 6.04. The van der Waals surface area contributed by atoms with Crippen molar-refractivity contribution in [2.45, 2.75) is 53.7 Å². The Labute approximate surface area is 159 Å². The van der Waals surface area contributed by atoms with Crippen molar-refractivity contribution in [3.63, 3.8) is 0 Å². The molecule has 0 bridgehead atoms. The largest absolute Gasteiger partial charge is 0.448 e. The molecular weight excluding hydrogens is 348 g/mol. The van der Waals surface area contributed by atoms with Crippen LogP contribution in [0.3, 0.4) is 0 Å². The van der Waals surface area contributed by atoms with Crippen LogP contribution in [0.15, 0.2) is 11.6 Å². The van der Waals surface area contributed by atoms with Gasteiger partial charge in [0.05, 0.1) is 0 Å². The molecule has 8 nitrogen and oxygen atoms in total. The van der Waals surface area contributed by atoms with E-state index in [1.54, 1.807) is 6.92 Å². The normalized spacial score (nSPS) is 12.1. The van der Waals surface area contributed by atoms with Crippen molar-refractivity contribution in [3.8, 4) is 6.07 Å². The van der Waals surface area contributed by atoms with Crippen LogP contribution in [0.25, 0.3) is 6.08 Å². The van der Waals surface area contributed by atoms with Crippen LogP contribution in [-0.2, 0) is 20.9 Å². The van der Waals surface area contributed by atoms with E-state index in [9.17, 15) is 19.6 Å². The number of amides is 3. The van der Waals surface area contributed by atoms with Crippen LogP contribution in [-0.4, -0.2) is 35.1 Å². The Morgan fingerprint density at radius 1 is 1.33 bits per heavy atom. The maximum atomic E-state index is 12.2. The van der Waals surface area contributed by atoms with E-state index in [2.05, 4.69) is 22.1 Å². The van der Waals surface area contributed by atoms with E-state index in [0.717, 1.165) is 29.9 Å². The minimum Gasteiger partial charge on any atom is -0.448 e. The van der Waals surface area contributed by atoms with Gasteiger partial charge in [-0.05, 0) is 51.8 Å². The third-order valence-corrected chi connectivity index (χ3v) is 3.93. The van der Waals surface area contributed by atoms with Crippen molar-refractivity contribution < 1.29 is 19.1 Å². The van der Waals surface area contributed by atoms with Crippen molar-refractivity contribution in [1.29, 1.82) is 5.26 Å². The average Bonchev–Trinajstić information content (AvgIpc) is 2.87. The highest BCUT2D eigenvalue weighted by molar-refractivity contribution is 6.01. The standard InChI is InChI=1S/C19H26N4O4/c1-6-8-23-12(3)9-15(13(23)4)10-16(11-20)18(25)27-14(5)17(24)22-19(26)21-7-2/h9-10,14H,6-8H2,1-5H3,(H2,21,22,24,26)/b16-10+. The number of carbonyl (C=O) groups excluding carboxylic acids is 3. The fourth-order valence-corrected chi connectivity index (χ4v) is 2.53. The summed E-state index contributed by atoms with van der Waals surface area (Å²) in [6, 6.07) is 3.02. The SMILES string of the molecule is CCCn1c(C)cc(/C=C(\C#N)C(=O)OC(C)C(=O)NC(=O)NCC)c1C. The van der Waals surface area contributed by atoms with Crippen molar-refractivity contribution >= 4 is 24.0 Å². The van der Waals surface area contributed by atoms with Crippen molar-refractivity contribution in [3.05, 3.63) is 28.6 Å². The Kier molecular flexibility index (Phi) is 8.27. The van der Waals surface area contributed by atoms with E-state index in [-0.39, 0.29) is 5.57 Å². The first kappa shape index (κ1) is 22.0. The van der Waals surface area contributed by atoms with Gasteiger partial charge >= 0.3 is 12.0 Å². The number of nitrogens with one attached hydrogen (secondary N) is 2. The van der Waals surface area contributed by atoms with Crippen LogP contribution >= 0.6 is 0 Å². The molecule has 0 aliphatic heterocycles. The highest BCUT2D eigenvalue weighted by Crippen LogP contribution is 2.19. The lowest BCUT2D eigenvalue weighted by Crippen LogP contribution is -2.44. The number of aromatic nitrogens is 1. The summed E-state index contributed by atoms with van der Waals surface area (Å²) < 4.78 is 7.12. The van der Waals surface area contributed by atoms with Crippen LogP contribution in [0.2, 0.25) is 0 Å². The molecular formula is C19H26N4O4. The molecule has 0 aromatic carbocycles. The third-order valence-electron chi connectivity index (χ3n) is 3.93. The zero-order valence-corrected chi connectivity index (χ0v) is 16.4. The zero-order valence-electron chi connectivity index (χ0n) is 16.4. The second kappa shape index (κ2) is 10.2. The van der Waals surface area contributed by atoms with Gasteiger partial charge < -0.3 is 14.6 Å². The summed E-state index contributed by atoms with van der Waals surface area (Å²) in [5, 5.41) is 13.8. The molecule has 1 heterocycles. The molecule has 0 aliphatic carbocycles. The molecule has 1 aromatic rings. The fourth-order valence-electron chi connectivity index (χ4n) is 2.53. The molecule has 0 saturated carbocycles. The Bertz CT molecular complexity index is 786. The Balaban J connectivity index is 2.90. The number of hydrogen-bond acceptors (Lipinski definition) is 5. The summed E-state index contributed by atoms with van der Waals surface area (Å²) >= 11 is 0. The van der Waals surface area contributed by atoms with Gasteiger partial charge in [-0.1, -0.05) is 6.92 Å². The summed E-state index contributed by atoms with van der Waals surface area (Å²) in [5.41, 5.74) is 2.50. The molecule has 0 radical (unpaired) electrons. The number of ether oxygens (including phenoxy) is 1. The lowest BCUT2D eigenvalue weighted by atomic mass is 10.1. The van der Waals surface area contributed by atoms with Crippen LogP contribution in [0.4, 0.5) is 4.79 Å². The fraction of sp³-hybridized carbons (Fsp3) is 0.474. The molecule has 0 saturated heterocycles. The molecule has 0 aliphatic rings. The molecule has 1 unspecified atom stereocenters. The van der Waals surface area contributed by atoms with E-state index in [1.165, 1.54) is 13.0 Å². The lowest BCUT2D eigenvalue weighted by Gasteiger charge is -2.12. The van der Waals surface area contributed by atoms with Gasteiger partial charge in [0, 0.05) is 24.5 Å². The van der Waals surface area contributed by atoms with Crippen LogP contribution in [0.5, 0.6) is 0 Å². The number of aryl methyl sites for hydroxylation is 1. The minimum atomic E-state index is -1.22. The highest BCUT2D eigenvalue weighted by atomic mass is 16.5. The van der Waals surface area contributed by atoms with Gasteiger partial charge in [0.25, 0.3) is 5.91 Å². The van der Waals surface area contributed by atoms with Crippen molar-refractivity contribution in [2.24, 2.45) is 0 Å². The number of hydrogen-bond donors (Lipinski definition) is 2. The smallest absolute Gasteiger partial charge is 0.349 e. The number of rotatable bonds is 7. The first-order valence-corrected chi connectivity index (χ1v) is 8.83. The van der Waals surface area contributed by atoms with Gasteiger partial charge in [0.1, 0.15) is 11.6 Å². The molecule has 27 heavy (non-hydrogen) atoms. The number of carbonyl (C=O) groups is 3. The molecule has 1 rings (SSSR count). The minimum absolute atomic E-state index is 0.218. The first-order chi connectivity index (χ1) is 12.7. The third kappa shape index (κ3) is 5.99. The maximum absolute atomic E-state index is 12.2. The Hall–Kier alpha value is -3.08. The monoisotopic (exact) mass is 374 g/mol. The van der Waals surface area contributed by atoms with E-state index in [0.29, 0.717) is 6.54 Å². The molecule has 2 N–H and O–H groups in total. The molecule has 0 spiro atoms. The van der Waals surface area contributed by atoms with Crippen molar-refractivity contribution in [2.75, 3.05) is 6.54 Å². The van der Waals surface area contributed by atoms with E-state index >= 15 is 0 Å². The van der Waals surface area contributed by atoms with E-state index < -0.39 is 24.0 Å². The number of nitrogens with zero attached hydrogens (tertiary/aromatic N) is 2. The quantitative estimate of drug-likeness (QED) is 0.431. The van der Waals surface area contributed by atoms with Gasteiger partial charge in [-0.25, -0.2) is 9.59 Å². The molecule has 0 fully saturated rings. The van der Waals surface area contributed by atoms with E-state index in [4.69, 9.17) is 4.74 Å². The van der Waals surface area contributed by atoms with Crippen LogP contribution < -0.4 is 10.6 Å². The van der Waals surface area contributed by atoms with Gasteiger partial charge in [0.15, 0.2) is 6.10 Å². The maximum Gasteiger partial charge on any atom is 0.349 e. The summed E-state index contributed by atoms with van der Waals surface area (Å²) in [5.74, 6) is -1.69. The summed E-state index contributed by atoms with van der Waals surface area (Å²) in [6.45, 7) is 10.2. The molecule has 1 atom stereocenters. The van der Waals surface area contributed by atoms with Gasteiger partial charge in [-0.3, -0.25) is 10.1 Å². The van der Waals surface area contributed by atoms with Gasteiger partial charge in [-0.15, -0.1) is 0 Å². The molecule has 3 amide bonds. The number of imide groups is 1. The first-order valence-electron chi connectivity index (χ1n) is 8.83. The molecule has 146 valence electrons. The van der Waals surface area contributed by atoms with Gasteiger partial charge in [-0.2, -0.15) is 5.26 Å². The Morgan fingerprint density at radius 2 is 2.00 bits per heavy atom. The Morgan fingerprint density at radius 3 is 2.56 bits per heavy atom. The number of urea groups is 1. The van der Waals surface area contributed by atoms with Crippen molar-refractivity contribution in [1.82, 2.24) is 15.2 Å². The summed E-state index contributed by atoms with van der Waals surface area (Å²) in [6.07, 6.45) is 1.19. The molecule has 8 heteroatoms. The second-order valence-corrected chi connectivity index (χ2v) is 6.04. The average molecular weight is 374 g/mol. The molecule has 1 aromatic heterocycles. The predicted molar refractivity (Wildman–Crippen MR) is 101 cm³/mol. The highest BCUT2D eigenvalue weighted by Gasteiger charge is 2.22. The number of esters is 1. The van der Waals surface area contributed by atoms with E-state index in [1.807, 2.05) is 26.0 Å². The lowest BCUT2D eigenvalue weighted by molar-refractivity contribution is -0.150. The topological polar surface area (TPSA) is 113 Å². The van der Waals surface area contributed by atoms with Crippen LogP contribution in [0.1, 0.15) is 44.1 Å². The zero-order chi connectivity index (χ0) is 20.6. The number of nitriles is 1. The van der Waals surface area contributed by atoms with Crippen LogP contribution in [0, 0.1) is 25.2 Å².